The Balaban J connectivity index is 2.23. The summed E-state index contributed by atoms with van der Waals surface area (Å²) < 4.78 is 0. The van der Waals surface area contributed by atoms with Crippen LogP contribution in [0.5, 0.6) is 0 Å². The Morgan fingerprint density at radius 2 is 1.93 bits per heavy atom. The van der Waals surface area contributed by atoms with Gasteiger partial charge in [0.1, 0.15) is 0 Å². The van der Waals surface area contributed by atoms with E-state index in [1.54, 1.807) is 0 Å². The molecule has 0 aromatic carbocycles. The average molecular weight is 213 g/mol. The van der Waals surface area contributed by atoms with Crippen LogP contribution in [-0.4, -0.2) is 35.7 Å². The van der Waals surface area contributed by atoms with Crippen LogP contribution in [0.4, 0.5) is 0 Å². The molecule has 2 heteroatoms. The lowest BCUT2D eigenvalue weighted by molar-refractivity contribution is 0.188. The van der Waals surface area contributed by atoms with Crippen molar-refractivity contribution in [3.63, 3.8) is 0 Å². The van der Waals surface area contributed by atoms with Crippen LogP contribution in [0.15, 0.2) is 0 Å². The monoisotopic (exact) mass is 213 g/mol. The van der Waals surface area contributed by atoms with Crippen molar-refractivity contribution in [2.45, 2.75) is 58.4 Å². The molecule has 1 heterocycles. The van der Waals surface area contributed by atoms with Crippen LogP contribution in [0.2, 0.25) is 0 Å². The standard InChI is InChI=1S/C13H27NO/c1-12-7-6-8-13(2)14(11-12)9-4-3-5-10-15/h12-13,15H,3-11H2,1-2H3. The van der Waals surface area contributed by atoms with Gasteiger partial charge >= 0.3 is 0 Å². The lowest BCUT2D eigenvalue weighted by Gasteiger charge is -2.28. The molecule has 0 saturated carbocycles. The second-order valence-electron chi connectivity index (χ2n) is 5.16. The Morgan fingerprint density at radius 3 is 2.67 bits per heavy atom. The number of rotatable bonds is 5. The van der Waals surface area contributed by atoms with Crippen molar-refractivity contribution < 1.29 is 5.11 Å². The quantitative estimate of drug-likeness (QED) is 0.710. The predicted molar refractivity (Wildman–Crippen MR) is 65.0 cm³/mol. The summed E-state index contributed by atoms with van der Waals surface area (Å²) in [6.45, 7) is 7.60. The maximum absolute atomic E-state index is 8.73. The summed E-state index contributed by atoms with van der Waals surface area (Å²) in [6, 6.07) is 0.768. The van der Waals surface area contributed by atoms with E-state index in [0.717, 1.165) is 18.4 Å². The van der Waals surface area contributed by atoms with Crippen molar-refractivity contribution in [2.75, 3.05) is 19.7 Å². The number of likely N-dealkylation sites (tertiary alicyclic amines) is 1. The molecule has 1 fully saturated rings. The number of unbranched alkanes of at least 4 members (excludes halogenated alkanes) is 2. The number of aliphatic hydroxyl groups is 1. The molecule has 0 bridgehead atoms. The van der Waals surface area contributed by atoms with Crippen molar-refractivity contribution >= 4 is 0 Å². The zero-order valence-electron chi connectivity index (χ0n) is 10.4. The van der Waals surface area contributed by atoms with Gasteiger partial charge < -0.3 is 10.0 Å². The molecule has 2 atom stereocenters. The SMILES string of the molecule is CC1CCCC(C)N(CCCCCO)C1. The lowest BCUT2D eigenvalue weighted by atomic mass is 10.1. The van der Waals surface area contributed by atoms with Crippen molar-refractivity contribution in [3.8, 4) is 0 Å². The molecule has 1 aliphatic heterocycles. The summed E-state index contributed by atoms with van der Waals surface area (Å²) in [5, 5.41) is 8.73. The first-order valence-corrected chi connectivity index (χ1v) is 6.59. The van der Waals surface area contributed by atoms with E-state index in [1.807, 2.05) is 0 Å². The molecule has 2 unspecified atom stereocenters. The zero-order chi connectivity index (χ0) is 11.1. The van der Waals surface area contributed by atoms with Crippen LogP contribution in [-0.2, 0) is 0 Å². The molecule has 0 amide bonds. The Bertz CT molecular complexity index is 161. The van der Waals surface area contributed by atoms with E-state index in [0.29, 0.717) is 6.61 Å². The fourth-order valence-electron chi connectivity index (χ4n) is 2.53. The molecule has 1 N–H and O–H groups in total. The van der Waals surface area contributed by atoms with E-state index in [1.165, 1.54) is 45.2 Å². The minimum absolute atomic E-state index is 0.353. The first-order valence-electron chi connectivity index (χ1n) is 6.59. The molecule has 2 nitrogen and oxygen atoms in total. The van der Waals surface area contributed by atoms with Crippen LogP contribution in [0, 0.1) is 5.92 Å². The second-order valence-corrected chi connectivity index (χ2v) is 5.16. The van der Waals surface area contributed by atoms with Crippen molar-refractivity contribution in [1.82, 2.24) is 4.90 Å². The summed E-state index contributed by atoms with van der Waals surface area (Å²) >= 11 is 0. The van der Waals surface area contributed by atoms with Gasteiger partial charge in [0.2, 0.25) is 0 Å². The lowest BCUT2D eigenvalue weighted by Crippen LogP contribution is -2.35. The van der Waals surface area contributed by atoms with E-state index >= 15 is 0 Å². The van der Waals surface area contributed by atoms with Crippen LogP contribution in [0.3, 0.4) is 0 Å². The molecule has 0 aliphatic carbocycles. The molecular formula is C13H27NO. The molecule has 0 aromatic rings. The van der Waals surface area contributed by atoms with Gasteiger partial charge in [-0.1, -0.05) is 13.3 Å². The molecule has 15 heavy (non-hydrogen) atoms. The summed E-state index contributed by atoms with van der Waals surface area (Å²) in [7, 11) is 0. The second kappa shape index (κ2) is 7.24. The van der Waals surface area contributed by atoms with Gasteiger partial charge in [-0.2, -0.15) is 0 Å². The Morgan fingerprint density at radius 1 is 1.13 bits per heavy atom. The molecule has 1 rings (SSSR count). The average Bonchev–Trinajstić information content (AvgIpc) is 2.36. The molecule has 90 valence electrons. The molecule has 1 aliphatic rings. The van der Waals surface area contributed by atoms with Gasteiger partial charge in [-0.3, -0.25) is 0 Å². The predicted octanol–water partition coefficient (Wildman–Crippen LogP) is 2.66. The van der Waals surface area contributed by atoms with Crippen molar-refractivity contribution in [3.05, 3.63) is 0 Å². The highest BCUT2D eigenvalue weighted by Crippen LogP contribution is 2.20. The molecule has 0 spiro atoms. The van der Waals surface area contributed by atoms with Crippen LogP contribution >= 0.6 is 0 Å². The Hall–Kier alpha value is -0.0800. The van der Waals surface area contributed by atoms with Gasteiger partial charge in [0.05, 0.1) is 0 Å². The number of hydrogen-bond donors (Lipinski definition) is 1. The zero-order valence-corrected chi connectivity index (χ0v) is 10.4. The molecule has 1 saturated heterocycles. The summed E-state index contributed by atoms with van der Waals surface area (Å²) in [6.07, 6.45) is 7.56. The smallest absolute Gasteiger partial charge is 0.0431 e. The summed E-state index contributed by atoms with van der Waals surface area (Å²) in [5.41, 5.74) is 0. The summed E-state index contributed by atoms with van der Waals surface area (Å²) in [4.78, 5) is 2.65. The first-order chi connectivity index (χ1) is 7.24. The third-order valence-corrected chi connectivity index (χ3v) is 3.59. The van der Waals surface area contributed by atoms with E-state index in [2.05, 4.69) is 18.7 Å². The molecule has 0 radical (unpaired) electrons. The largest absolute Gasteiger partial charge is 0.396 e. The minimum Gasteiger partial charge on any atom is -0.396 e. The van der Waals surface area contributed by atoms with Gasteiger partial charge in [0.25, 0.3) is 0 Å². The maximum Gasteiger partial charge on any atom is 0.0431 e. The van der Waals surface area contributed by atoms with E-state index in [4.69, 9.17) is 5.11 Å². The maximum atomic E-state index is 8.73. The highest BCUT2D eigenvalue weighted by Gasteiger charge is 2.19. The fourth-order valence-corrected chi connectivity index (χ4v) is 2.53. The van der Waals surface area contributed by atoms with Crippen molar-refractivity contribution in [1.29, 1.82) is 0 Å². The van der Waals surface area contributed by atoms with Crippen LogP contribution < -0.4 is 0 Å². The molecular weight excluding hydrogens is 186 g/mol. The van der Waals surface area contributed by atoms with Gasteiger partial charge in [-0.15, -0.1) is 0 Å². The molecule has 0 aromatic heterocycles. The normalized spacial score (nSPS) is 29.0. The van der Waals surface area contributed by atoms with Crippen LogP contribution in [0.1, 0.15) is 52.4 Å². The van der Waals surface area contributed by atoms with Gasteiger partial charge in [0.15, 0.2) is 0 Å². The Labute approximate surface area is 94.7 Å². The van der Waals surface area contributed by atoms with E-state index < -0.39 is 0 Å². The third-order valence-electron chi connectivity index (χ3n) is 3.59. The summed E-state index contributed by atoms with van der Waals surface area (Å²) in [5.74, 6) is 0.868. The van der Waals surface area contributed by atoms with E-state index in [-0.39, 0.29) is 0 Å². The van der Waals surface area contributed by atoms with E-state index in [9.17, 15) is 0 Å². The van der Waals surface area contributed by atoms with Gasteiger partial charge in [-0.25, -0.2) is 0 Å². The number of hydrogen-bond acceptors (Lipinski definition) is 2. The fraction of sp³-hybridized carbons (Fsp3) is 1.00. The number of nitrogens with zero attached hydrogens (tertiary/aromatic N) is 1. The highest BCUT2D eigenvalue weighted by atomic mass is 16.2. The Kier molecular flexibility index (Phi) is 6.26. The van der Waals surface area contributed by atoms with Crippen LogP contribution in [0.25, 0.3) is 0 Å². The van der Waals surface area contributed by atoms with Gasteiger partial charge in [0, 0.05) is 19.2 Å². The third kappa shape index (κ3) is 4.98. The highest BCUT2D eigenvalue weighted by molar-refractivity contribution is 4.74. The first kappa shape index (κ1) is 13.0. The topological polar surface area (TPSA) is 23.5 Å². The minimum atomic E-state index is 0.353. The van der Waals surface area contributed by atoms with Gasteiger partial charge in [-0.05, 0) is 51.5 Å². The van der Waals surface area contributed by atoms with Crippen molar-refractivity contribution in [2.24, 2.45) is 5.92 Å². The number of aliphatic hydroxyl groups excluding tert-OH is 1.